The number of halogens is 3. The first-order valence-corrected chi connectivity index (χ1v) is 9.58. The maximum atomic E-state index is 13.2. The topological polar surface area (TPSA) is 90.3 Å². The van der Waals surface area contributed by atoms with Gasteiger partial charge in [-0.2, -0.15) is 18.4 Å². The second-order valence-electron chi connectivity index (χ2n) is 6.85. The van der Waals surface area contributed by atoms with Crippen LogP contribution in [0.25, 0.3) is 22.3 Å². The van der Waals surface area contributed by atoms with Crippen molar-refractivity contribution in [2.75, 3.05) is 5.32 Å². The number of nitrogens with one attached hydrogen (secondary N) is 2. The van der Waals surface area contributed by atoms with E-state index in [0.717, 1.165) is 22.7 Å². The normalized spacial score (nSPS) is 12.5. The van der Waals surface area contributed by atoms with E-state index in [1.165, 1.54) is 12.4 Å². The van der Waals surface area contributed by atoms with Gasteiger partial charge in [-0.3, -0.25) is 0 Å². The van der Waals surface area contributed by atoms with Gasteiger partial charge in [0.15, 0.2) is 0 Å². The molecule has 156 valence electrons. The minimum atomic E-state index is -4.54. The Bertz CT molecular complexity index is 1290. The molecule has 0 amide bonds. The number of anilines is 1. The minimum absolute atomic E-state index is 0.135. The molecule has 0 radical (unpaired) electrons. The number of pyridine rings is 1. The molecule has 4 aromatic rings. The van der Waals surface area contributed by atoms with E-state index in [1.54, 1.807) is 0 Å². The first-order valence-electron chi connectivity index (χ1n) is 9.13. The number of fused-ring (bicyclic) bond motifs is 1. The predicted octanol–water partition coefficient (Wildman–Crippen LogP) is 5.37. The molecule has 0 saturated heterocycles. The summed E-state index contributed by atoms with van der Waals surface area (Å²) in [6.07, 6.45) is -0.948. The summed E-state index contributed by atoms with van der Waals surface area (Å²) in [5.74, 6) is 0.241. The molecule has 3 aromatic heterocycles. The molecule has 4 rings (SSSR count). The number of nitriles is 1. The first-order chi connectivity index (χ1) is 14.8. The van der Waals surface area contributed by atoms with Crippen molar-refractivity contribution in [1.29, 1.82) is 5.26 Å². The van der Waals surface area contributed by atoms with E-state index < -0.39 is 11.7 Å². The van der Waals surface area contributed by atoms with Gasteiger partial charge in [-0.15, -0.1) is 12.6 Å². The van der Waals surface area contributed by atoms with Crippen LogP contribution in [-0.4, -0.2) is 19.9 Å². The van der Waals surface area contributed by atoms with E-state index in [4.69, 9.17) is 0 Å². The minimum Gasteiger partial charge on any atom is -0.348 e. The monoisotopic (exact) mass is 440 g/mol. The van der Waals surface area contributed by atoms with Crippen LogP contribution in [0.3, 0.4) is 0 Å². The summed E-state index contributed by atoms with van der Waals surface area (Å²) in [4.78, 5) is 16.1. The van der Waals surface area contributed by atoms with Gasteiger partial charge in [-0.1, -0.05) is 12.1 Å². The highest BCUT2D eigenvalue weighted by molar-refractivity contribution is 7.80. The van der Waals surface area contributed by atoms with Crippen molar-refractivity contribution in [3.05, 3.63) is 65.6 Å². The van der Waals surface area contributed by atoms with E-state index in [1.807, 2.05) is 37.3 Å². The molecule has 0 spiro atoms. The lowest BCUT2D eigenvalue weighted by Crippen LogP contribution is -2.10. The lowest BCUT2D eigenvalue weighted by molar-refractivity contribution is -0.137. The van der Waals surface area contributed by atoms with Gasteiger partial charge in [-0.05, 0) is 30.7 Å². The Morgan fingerprint density at radius 2 is 1.90 bits per heavy atom. The van der Waals surface area contributed by atoms with E-state index in [2.05, 4.69) is 37.9 Å². The Morgan fingerprint density at radius 1 is 1.16 bits per heavy atom. The number of alkyl halides is 3. The fraction of sp³-hybridized carbons (Fsp3) is 0.143. The molecule has 0 saturated carbocycles. The van der Waals surface area contributed by atoms with Crippen molar-refractivity contribution < 1.29 is 13.2 Å². The largest absolute Gasteiger partial charge is 0.417 e. The van der Waals surface area contributed by atoms with E-state index in [-0.39, 0.29) is 34.3 Å². The van der Waals surface area contributed by atoms with Crippen molar-refractivity contribution in [1.82, 2.24) is 19.9 Å². The number of benzene rings is 1. The average molecular weight is 440 g/mol. The van der Waals surface area contributed by atoms with Crippen molar-refractivity contribution in [2.45, 2.75) is 24.0 Å². The van der Waals surface area contributed by atoms with Crippen LogP contribution >= 0.6 is 12.6 Å². The quantitative estimate of drug-likeness (QED) is 0.371. The summed E-state index contributed by atoms with van der Waals surface area (Å²) < 4.78 is 39.5. The number of thiol groups is 1. The molecule has 0 bridgehead atoms. The molecular weight excluding hydrogens is 425 g/mol. The number of aromatic nitrogens is 4. The van der Waals surface area contributed by atoms with Gasteiger partial charge in [0, 0.05) is 28.2 Å². The zero-order valence-corrected chi connectivity index (χ0v) is 17.0. The van der Waals surface area contributed by atoms with Crippen LogP contribution in [0.4, 0.5) is 19.1 Å². The Labute approximate surface area is 180 Å². The van der Waals surface area contributed by atoms with Gasteiger partial charge in [0.05, 0.1) is 29.1 Å². The lowest BCUT2D eigenvalue weighted by Gasteiger charge is -2.15. The number of hydrogen-bond donors (Lipinski definition) is 3. The molecule has 2 N–H and O–H groups in total. The summed E-state index contributed by atoms with van der Waals surface area (Å²) in [5.41, 5.74) is 1.04. The number of nitrogens with zero attached hydrogens (tertiary/aromatic N) is 4. The molecule has 3 heterocycles. The Hall–Kier alpha value is -3.58. The number of rotatable bonds is 4. The van der Waals surface area contributed by atoms with E-state index >= 15 is 0 Å². The van der Waals surface area contributed by atoms with Crippen molar-refractivity contribution >= 4 is 29.6 Å². The van der Waals surface area contributed by atoms with Crippen LogP contribution in [0.1, 0.15) is 29.7 Å². The van der Waals surface area contributed by atoms with Crippen LogP contribution in [-0.2, 0) is 6.18 Å². The predicted molar refractivity (Wildman–Crippen MR) is 113 cm³/mol. The maximum absolute atomic E-state index is 13.2. The van der Waals surface area contributed by atoms with Crippen LogP contribution in [0, 0.1) is 11.3 Å². The third-order valence-corrected chi connectivity index (χ3v) is 5.06. The third-order valence-electron chi connectivity index (χ3n) is 4.76. The van der Waals surface area contributed by atoms with Crippen LogP contribution in [0.5, 0.6) is 0 Å². The summed E-state index contributed by atoms with van der Waals surface area (Å²) in [5, 5.41) is 12.9. The van der Waals surface area contributed by atoms with Crippen LogP contribution < -0.4 is 5.32 Å². The first kappa shape index (κ1) is 20.7. The summed E-state index contributed by atoms with van der Waals surface area (Å²) in [6, 6.07) is 10.4. The Balaban J connectivity index is 1.75. The summed E-state index contributed by atoms with van der Waals surface area (Å²) in [6.45, 7) is 1.92. The van der Waals surface area contributed by atoms with E-state index in [9.17, 15) is 18.4 Å². The number of hydrogen-bond acceptors (Lipinski definition) is 6. The third kappa shape index (κ3) is 4.18. The van der Waals surface area contributed by atoms with Crippen LogP contribution in [0.15, 0.2) is 53.8 Å². The highest BCUT2D eigenvalue weighted by Crippen LogP contribution is 2.35. The van der Waals surface area contributed by atoms with Crippen molar-refractivity contribution in [3.63, 3.8) is 0 Å². The molecular formula is C21H15F3N6S. The molecule has 10 heteroatoms. The zero-order valence-electron chi connectivity index (χ0n) is 16.1. The van der Waals surface area contributed by atoms with Crippen molar-refractivity contribution in [2.24, 2.45) is 0 Å². The average Bonchev–Trinajstić information content (AvgIpc) is 3.16. The highest BCUT2D eigenvalue weighted by Gasteiger charge is 2.31. The SMILES string of the molecule is C[C@@H](Nc1ncc(C#N)c(-c2c[nH]c3ncc(C(F)(F)F)cc23)n1)c1ccc(S)cc1. The maximum Gasteiger partial charge on any atom is 0.417 e. The molecule has 0 fully saturated rings. The van der Waals surface area contributed by atoms with Gasteiger partial charge >= 0.3 is 6.18 Å². The number of aromatic amines is 1. The second-order valence-corrected chi connectivity index (χ2v) is 7.36. The van der Waals surface area contributed by atoms with Gasteiger partial charge < -0.3 is 10.3 Å². The Kier molecular flexibility index (Phi) is 5.29. The number of H-pyrrole nitrogens is 1. The zero-order chi connectivity index (χ0) is 22.2. The molecule has 1 atom stereocenters. The summed E-state index contributed by atoms with van der Waals surface area (Å²) >= 11 is 4.27. The molecule has 0 aliphatic rings. The fourth-order valence-electron chi connectivity index (χ4n) is 3.13. The fourth-order valence-corrected chi connectivity index (χ4v) is 3.28. The molecule has 0 aliphatic heterocycles. The lowest BCUT2D eigenvalue weighted by atomic mass is 10.1. The smallest absolute Gasteiger partial charge is 0.348 e. The molecule has 0 aliphatic carbocycles. The highest BCUT2D eigenvalue weighted by atomic mass is 32.1. The second kappa shape index (κ2) is 7.92. The summed E-state index contributed by atoms with van der Waals surface area (Å²) in [7, 11) is 0. The molecule has 6 nitrogen and oxygen atoms in total. The molecule has 1 aromatic carbocycles. The molecule has 0 unspecified atom stereocenters. The van der Waals surface area contributed by atoms with Gasteiger partial charge in [0.25, 0.3) is 0 Å². The van der Waals surface area contributed by atoms with E-state index in [0.29, 0.717) is 5.56 Å². The van der Waals surface area contributed by atoms with Gasteiger partial charge in [0.1, 0.15) is 11.7 Å². The van der Waals surface area contributed by atoms with Gasteiger partial charge in [0.2, 0.25) is 5.95 Å². The standard InChI is InChI=1S/C21H15F3N6S/c1-11(12-2-4-15(31)5-3-12)29-20-28-8-13(7-25)18(30-20)17-10-27-19-16(17)6-14(9-26-19)21(22,23)24/h2-6,8-11,31H,1H3,(H,26,27)(H,28,29,30)/t11-/m1/s1. The van der Waals surface area contributed by atoms with Gasteiger partial charge in [-0.25, -0.2) is 15.0 Å². The molecule has 31 heavy (non-hydrogen) atoms. The van der Waals surface area contributed by atoms with Crippen molar-refractivity contribution in [3.8, 4) is 17.3 Å². The Morgan fingerprint density at radius 3 is 2.58 bits per heavy atom. The van der Waals surface area contributed by atoms with Crippen LogP contribution in [0.2, 0.25) is 0 Å².